The number of aliphatic hydroxyl groups is 1. The van der Waals surface area contributed by atoms with Gasteiger partial charge in [0.15, 0.2) is 5.75 Å². The number of anilines is 1. The Kier molecular flexibility index (Phi) is 6.43. The van der Waals surface area contributed by atoms with Crippen LogP contribution in [0, 0.1) is 0 Å². The molecule has 2 N–H and O–H groups in total. The van der Waals surface area contributed by atoms with Crippen molar-refractivity contribution in [2.75, 3.05) is 44.2 Å². The maximum absolute atomic E-state index is 10.3. The van der Waals surface area contributed by atoms with Gasteiger partial charge in [-0.3, -0.25) is 0 Å². The van der Waals surface area contributed by atoms with Crippen LogP contribution in [0.3, 0.4) is 0 Å². The van der Waals surface area contributed by atoms with E-state index in [4.69, 9.17) is 27.9 Å². The fraction of sp³-hybridized carbons (Fsp3) is 0.368. The van der Waals surface area contributed by atoms with Gasteiger partial charge in [-0.05, 0) is 24.3 Å². The van der Waals surface area contributed by atoms with E-state index in [1.54, 1.807) is 18.2 Å². The lowest BCUT2D eigenvalue weighted by Crippen LogP contribution is -3.16. The second-order valence-corrected chi connectivity index (χ2v) is 7.11. The van der Waals surface area contributed by atoms with Gasteiger partial charge < -0.3 is 19.6 Å². The number of para-hydroxylation sites is 2. The number of piperazine rings is 1. The average Bonchev–Trinajstić information content (AvgIpc) is 2.63. The summed E-state index contributed by atoms with van der Waals surface area (Å²) in [5.74, 6) is 0.439. The number of hydrogen-bond acceptors (Lipinski definition) is 3. The molecule has 1 fully saturated rings. The topological polar surface area (TPSA) is 37.1 Å². The minimum Gasteiger partial charge on any atom is -0.488 e. The smallest absolute Gasteiger partial charge is 0.156 e. The highest BCUT2D eigenvalue weighted by Crippen LogP contribution is 2.32. The first-order valence-electron chi connectivity index (χ1n) is 8.52. The predicted octanol–water partition coefficient (Wildman–Crippen LogP) is 2.14. The van der Waals surface area contributed by atoms with Crippen LogP contribution in [0.15, 0.2) is 48.5 Å². The second kappa shape index (κ2) is 8.77. The lowest BCUT2D eigenvalue weighted by atomic mass is 10.2. The molecule has 0 unspecified atom stereocenters. The standard InChI is InChI=1S/C19H22Cl2N2O2/c20-17-7-4-8-18(21)19(17)25-14-16(24)13-22-9-11-23(12-10-22)15-5-2-1-3-6-15/h1-8,16,24H,9-14H2/p+1/t16-/m0/s1. The molecule has 0 spiro atoms. The number of nitrogens with zero attached hydrogens (tertiary/aromatic N) is 1. The summed E-state index contributed by atoms with van der Waals surface area (Å²) in [7, 11) is 0. The number of ether oxygens (including phenoxy) is 1. The predicted molar refractivity (Wildman–Crippen MR) is 102 cm³/mol. The highest BCUT2D eigenvalue weighted by atomic mass is 35.5. The van der Waals surface area contributed by atoms with Crippen LogP contribution in [0.1, 0.15) is 0 Å². The molecule has 2 aromatic carbocycles. The van der Waals surface area contributed by atoms with E-state index in [1.165, 1.54) is 10.6 Å². The summed E-state index contributed by atoms with van der Waals surface area (Å²) in [5.41, 5.74) is 1.26. The molecule has 1 heterocycles. The molecule has 1 aliphatic rings. The SMILES string of the molecule is O[C@H](COc1c(Cl)cccc1Cl)C[NH+]1CCN(c2ccccc2)CC1. The highest BCUT2D eigenvalue weighted by Gasteiger charge is 2.23. The van der Waals surface area contributed by atoms with Crippen molar-refractivity contribution in [1.82, 2.24) is 0 Å². The fourth-order valence-electron chi connectivity index (χ4n) is 3.12. The van der Waals surface area contributed by atoms with E-state index < -0.39 is 6.10 Å². The zero-order valence-corrected chi connectivity index (χ0v) is 15.5. The molecule has 6 heteroatoms. The first kappa shape index (κ1) is 18.3. The molecule has 0 bridgehead atoms. The lowest BCUT2D eigenvalue weighted by Gasteiger charge is -2.34. The summed E-state index contributed by atoms with van der Waals surface area (Å²) in [5, 5.41) is 11.2. The molecule has 0 aliphatic carbocycles. The van der Waals surface area contributed by atoms with Crippen LogP contribution in [0.2, 0.25) is 10.0 Å². The Labute approximate surface area is 158 Å². The van der Waals surface area contributed by atoms with Crippen molar-refractivity contribution in [2.45, 2.75) is 6.10 Å². The third-order valence-electron chi connectivity index (χ3n) is 4.46. The van der Waals surface area contributed by atoms with Gasteiger partial charge in [0.05, 0.1) is 36.2 Å². The summed E-state index contributed by atoms with van der Waals surface area (Å²) >= 11 is 12.2. The van der Waals surface area contributed by atoms with Gasteiger partial charge in [-0.15, -0.1) is 0 Å². The third-order valence-corrected chi connectivity index (χ3v) is 5.05. The van der Waals surface area contributed by atoms with Crippen LogP contribution >= 0.6 is 23.2 Å². The van der Waals surface area contributed by atoms with Crippen molar-refractivity contribution in [2.24, 2.45) is 0 Å². The van der Waals surface area contributed by atoms with Crippen molar-refractivity contribution in [3.05, 3.63) is 58.6 Å². The van der Waals surface area contributed by atoms with Crippen molar-refractivity contribution >= 4 is 28.9 Å². The number of benzene rings is 2. The zero-order valence-electron chi connectivity index (χ0n) is 14.0. The van der Waals surface area contributed by atoms with E-state index in [1.807, 2.05) is 6.07 Å². The van der Waals surface area contributed by atoms with E-state index in [0.717, 1.165) is 26.2 Å². The van der Waals surface area contributed by atoms with Crippen LogP contribution in [0.4, 0.5) is 5.69 Å². The third kappa shape index (κ3) is 5.02. The highest BCUT2D eigenvalue weighted by molar-refractivity contribution is 6.37. The van der Waals surface area contributed by atoms with Gasteiger partial charge in [-0.2, -0.15) is 0 Å². The fourth-order valence-corrected chi connectivity index (χ4v) is 3.62. The van der Waals surface area contributed by atoms with E-state index >= 15 is 0 Å². The molecule has 1 atom stereocenters. The van der Waals surface area contributed by atoms with Crippen molar-refractivity contribution in [1.29, 1.82) is 0 Å². The number of aliphatic hydroxyl groups excluding tert-OH is 1. The van der Waals surface area contributed by atoms with Crippen LogP contribution < -0.4 is 14.5 Å². The number of halogens is 2. The number of nitrogens with one attached hydrogen (secondary N) is 1. The molecule has 2 aromatic rings. The van der Waals surface area contributed by atoms with Gasteiger partial charge in [-0.1, -0.05) is 47.5 Å². The number of quaternary nitrogens is 1. The normalized spacial score (nSPS) is 16.7. The maximum atomic E-state index is 10.3. The Bertz CT molecular complexity index is 656. The summed E-state index contributed by atoms with van der Waals surface area (Å²) in [6.07, 6.45) is -0.550. The molecule has 1 aliphatic heterocycles. The Morgan fingerprint density at radius 3 is 2.28 bits per heavy atom. The molecule has 0 amide bonds. The molecule has 3 rings (SSSR count). The first-order valence-corrected chi connectivity index (χ1v) is 9.27. The molecule has 0 radical (unpaired) electrons. The minimum atomic E-state index is -0.550. The molecular formula is C19H23Cl2N2O2+. The van der Waals surface area contributed by atoms with Gasteiger partial charge >= 0.3 is 0 Å². The minimum absolute atomic E-state index is 0.190. The lowest BCUT2D eigenvalue weighted by molar-refractivity contribution is -0.903. The van der Waals surface area contributed by atoms with E-state index in [-0.39, 0.29) is 6.61 Å². The summed E-state index contributed by atoms with van der Waals surface area (Å²) < 4.78 is 5.62. The molecule has 0 saturated carbocycles. The van der Waals surface area contributed by atoms with Crippen molar-refractivity contribution < 1.29 is 14.7 Å². The Hall–Kier alpha value is -1.46. The van der Waals surface area contributed by atoms with Crippen molar-refractivity contribution in [3.63, 3.8) is 0 Å². The molecule has 25 heavy (non-hydrogen) atoms. The summed E-state index contributed by atoms with van der Waals surface area (Å²) in [4.78, 5) is 3.77. The van der Waals surface area contributed by atoms with Crippen LogP contribution in [-0.2, 0) is 0 Å². The van der Waals surface area contributed by atoms with Crippen LogP contribution in [-0.4, -0.2) is 50.5 Å². The molecule has 134 valence electrons. The second-order valence-electron chi connectivity index (χ2n) is 6.29. The Morgan fingerprint density at radius 2 is 1.64 bits per heavy atom. The summed E-state index contributed by atoms with van der Waals surface area (Å²) in [6.45, 7) is 4.82. The van der Waals surface area contributed by atoms with Crippen LogP contribution in [0.5, 0.6) is 5.75 Å². The van der Waals surface area contributed by atoms with Gasteiger partial charge in [0.1, 0.15) is 19.3 Å². The van der Waals surface area contributed by atoms with E-state index in [9.17, 15) is 5.11 Å². The summed E-state index contributed by atoms with van der Waals surface area (Å²) in [6, 6.07) is 15.7. The average molecular weight is 382 g/mol. The largest absolute Gasteiger partial charge is 0.488 e. The Morgan fingerprint density at radius 1 is 1.00 bits per heavy atom. The van der Waals surface area contributed by atoms with Crippen molar-refractivity contribution in [3.8, 4) is 5.75 Å². The number of hydrogen-bond donors (Lipinski definition) is 2. The van der Waals surface area contributed by atoms with Gasteiger partial charge in [0.2, 0.25) is 0 Å². The quantitative estimate of drug-likeness (QED) is 0.804. The van der Waals surface area contributed by atoms with Gasteiger partial charge in [-0.25, -0.2) is 0 Å². The molecule has 4 nitrogen and oxygen atoms in total. The molecular weight excluding hydrogens is 359 g/mol. The Balaban J connectivity index is 1.44. The van der Waals surface area contributed by atoms with E-state index in [2.05, 4.69) is 29.2 Å². The maximum Gasteiger partial charge on any atom is 0.156 e. The monoisotopic (exact) mass is 381 g/mol. The molecule has 1 saturated heterocycles. The van der Waals surface area contributed by atoms with Crippen LogP contribution in [0.25, 0.3) is 0 Å². The zero-order chi connectivity index (χ0) is 17.6. The van der Waals surface area contributed by atoms with Gasteiger partial charge in [0.25, 0.3) is 0 Å². The number of rotatable bonds is 6. The first-order chi connectivity index (χ1) is 12.1. The molecule has 0 aromatic heterocycles. The van der Waals surface area contributed by atoms with E-state index in [0.29, 0.717) is 22.3 Å². The van der Waals surface area contributed by atoms with Gasteiger partial charge in [0, 0.05) is 5.69 Å².